The van der Waals surface area contributed by atoms with Crippen LogP contribution in [0.2, 0.25) is 0 Å². The lowest BCUT2D eigenvalue weighted by Gasteiger charge is -2.47. The number of rotatable bonds is 5. The Hall–Kier alpha value is -1.13. The molecule has 0 aromatic heterocycles. The summed E-state index contributed by atoms with van der Waals surface area (Å²) in [6.45, 7) is 5.28. The Morgan fingerprint density at radius 3 is 2.41 bits per heavy atom. The second kappa shape index (κ2) is 5.47. The van der Waals surface area contributed by atoms with Crippen LogP contribution in [0.3, 0.4) is 0 Å². The molecule has 0 aromatic rings. The molecule has 17 heavy (non-hydrogen) atoms. The van der Waals surface area contributed by atoms with Crippen LogP contribution in [0.5, 0.6) is 0 Å². The summed E-state index contributed by atoms with van der Waals surface area (Å²) in [7, 11) is 0. The van der Waals surface area contributed by atoms with Gasteiger partial charge in [-0.3, -0.25) is 14.0 Å². The van der Waals surface area contributed by atoms with Crippen LogP contribution in [0, 0.1) is 0 Å². The number of hydrogen-bond donors (Lipinski definition) is 1. The van der Waals surface area contributed by atoms with E-state index in [-0.39, 0.29) is 18.2 Å². The fraction of sp³-hybridized carbons (Fsp3) is 0.833. The van der Waals surface area contributed by atoms with Crippen LogP contribution in [0.25, 0.3) is 0 Å². The third kappa shape index (κ3) is 2.28. The van der Waals surface area contributed by atoms with Gasteiger partial charge in [-0.25, -0.2) is 0 Å². The summed E-state index contributed by atoms with van der Waals surface area (Å²) in [5.41, 5.74) is -0.793. The zero-order chi connectivity index (χ0) is 13.1. The van der Waals surface area contributed by atoms with E-state index in [1.54, 1.807) is 11.8 Å². The number of alkyl halides is 1. The number of piperazine rings is 1. The highest BCUT2D eigenvalue weighted by atomic mass is 19.1. The quantitative estimate of drug-likeness (QED) is 0.791. The second-order valence-electron chi connectivity index (χ2n) is 4.47. The molecule has 1 aliphatic heterocycles. The zero-order valence-corrected chi connectivity index (χ0v) is 10.8. The lowest BCUT2D eigenvalue weighted by Crippen LogP contribution is -2.69. The summed E-state index contributed by atoms with van der Waals surface area (Å²) in [5.74, 6) is -0.227. The van der Waals surface area contributed by atoms with Gasteiger partial charge in [-0.05, 0) is 26.2 Å². The van der Waals surface area contributed by atoms with Gasteiger partial charge in [0.1, 0.15) is 11.6 Å². The minimum atomic E-state index is -0.793. The highest BCUT2D eigenvalue weighted by molar-refractivity contribution is 5.99. The number of nitrogens with zero attached hydrogens (tertiary/aromatic N) is 1. The molecule has 1 heterocycles. The van der Waals surface area contributed by atoms with E-state index in [1.165, 1.54) is 0 Å². The molecule has 1 fully saturated rings. The van der Waals surface area contributed by atoms with Crippen molar-refractivity contribution in [3.05, 3.63) is 0 Å². The van der Waals surface area contributed by atoms with E-state index in [4.69, 9.17) is 0 Å². The molecule has 0 aliphatic carbocycles. The molecule has 1 saturated heterocycles. The van der Waals surface area contributed by atoms with Crippen LogP contribution in [0.1, 0.15) is 40.0 Å². The first-order chi connectivity index (χ1) is 8.03. The minimum Gasteiger partial charge on any atom is -0.343 e. The van der Waals surface area contributed by atoms with Crippen LogP contribution < -0.4 is 5.32 Å². The van der Waals surface area contributed by atoms with E-state index in [1.807, 2.05) is 13.8 Å². The van der Waals surface area contributed by atoms with Crippen molar-refractivity contribution in [1.29, 1.82) is 0 Å². The molecule has 0 spiro atoms. The summed E-state index contributed by atoms with van der Waals surface area (Å²) < 4.78 is 12.3. The monoisotopic (exact) mass is 244 g/mol. The Labute approximate surface area is 102 Å². The van der Waals surface area contributed by atoms with Crippen molar-refractivity contribution in [3.63, 3.8) is 0 Å². The molecule has 1 rings (SSSR count). The Morgan fingerprint density at radius 1 is 1.35 bits per heavy atom. The first-order valence-corrected chi connectivity index (χ1v) is 6.21. The van der Waals surface area contributed by atoms with Gasteiger partial charge in [0, 0.05) is 6.54 Å². The molecular formula is C12H21FN2O2. The maximum atomic E-state index is 12.3. The summed E-state index contributed by atoms with van der Waals surface area (Å²) in [5, 5.41) is 2.70. The first kappa shape index (κ1) is 13.9. The fourth-order valence-electron chi connectivity index (χ4n) is 2.45. The first-order valence-electron chi connectivity index (χ1n) is 6.21. The number of amides is 2. The van der Waals surface area contributed by atoms with E-state index in [0.29, 0.717) is 19.4 Å². The largest absolute Gasteiger partial charge is 0.343 e. The number of nitrogens with one attached hydrogen (secondary N) is 1. The van der Waals surface area contributed by atoms with Gasteiger partial charge >= 0.3 is 0 Å². The Morgan fingerprint density at radius 2 is 1.94 bits per heavy atom. The van der Waals surface area contributed by atoms with E-state index in [2.05, 4.69) is 5.32 Å². The molecular weight excluding hydrogens is 223 g/mol. The zero-order valence-electron chi connectivity index (χ0n) is 10.8. The van der Waals surface area contributed by atoms with Crippen LogP contribution in [-0.4, -0.2) is 41.5 Å². The van der Waals surface area contributed by atoms with Gasteiger partial charge in [0.05, 0.1) is 6.67 Å². The maximum Gasteiger partial charge on any atom is 0.246 e. The van der Waals surface area contributed by atoms with E-state index in [9.17, 15) is 14.0 Å². The van der Waals surface area contributed by atoms with E-state index < -0.39 is 18.3 Å². The predicted octanol–water partition coefficient (Wildman–Crippen LogP) is 1.25. The normalized spacial score (nSPS) is 23.8. The van der Waals surface area contributed by atoms with Gasteiger partial charge in [0.15, 0.2) is 0 Å². The van der Waals surface area contributed by atoms with Crippen molar-refractivity contribution in [2.45, 2.75) is 51.6 Å². The molecule has 1 atom stereocenters. The summed E-state index contributed by atoms with van der Waals surface area (Å²) in [6.07, 6.45) is 1.40. The molecule has 98 valence electrons. The minimum absolute atomic E-state index is 0.109. The molecule has 1 N–H and O–H groups in total. The lowest BCUT2D eigenvalue weighted by atomic mass is 9.86. The van der Waals surface area contributed by atoms with Crippen LogP contribution in [0.4, 0.5) is 4.39 Å². The van der Waals surface area contributed by atoms with E-state index >= 15 is 0 Å². The molecule has 1 aliphatic rings. The number of halogens is 1. The van der Waals surface area contributed by atoms with Gasteiger partial charge in [0.25, 0.3) is 0 Å². The number of carbonyl (C=O) groups is 2. The molecule has 0 radical (unpaired) electrons. The van der Waals surface area contributed by atoms with Gasteiger partial charge in [-0.1, -0.05) is 13.8 Å². The average Bonchev–Trinajstić information content (AvgIpc) is 2.32. The van der Waals surface area contributed by atoms with Crippen molar-refractivity contribution in [3.8, 4) is 0 Å². The SMILES string of the molecule is CCC1(CC)C(=O)NC(C)C(=O)N1CCCF. The van der Waals surface area contributed by atoms with Gasteiger partial charge < -0.3 is 10.2 Å². The standard InChI is InChI=1S/C12H21FN2O2/c1-4-12(5-2)11(17)14-9(3)10(16)15(12)8-6-7-13/h9H,4-8H2,1-3H3,(H,14,17). The fourth-order valence-corrected chi connectivity index (χ4v) is 2.45. The van der Waals surface area contributed by atoms with Crippen LogP contribution in [-0.2, 0) is 9.59 Å². The molecule has 5 heteroatoms. The predicted molar refractivity (Wildman–Crippen MR) is 63.2 cm³/mol. The van der Waals surface area contributed by atoms with Gasteiger partial charge in [0.2, 0.25) is 11.8 Å². The second-order valence-corrected chi connectivity index (χ2v) is 4.47. The summed E-state index contributed by atoms with van der Waals surface area (Å²) in [6, 6.07) is -0.506. The average molecular weight is 244 g/mol. The third-order valence-electron chi connectivity index (χ3n) is 3.61. The summed E-state index contributed by atoms with van der Waals surface area (Å²) in [4.78, 5) is 25.8. The lowest BCUT2D eigenvalue weighted by molar-refractivity contribution is -0.157. The molecule has 0 saturated carbocycles. The Kier molecular flexibility index (Phi) is 4.48. The maximum absolute atomic E-state index is 12.3. The molecule has 2 amide bonds. The summed E-state index contributed by atoms with van der Waals surface area (Å²) >= 11 is 0. The smallest absolute Gasteiger partial charge is 0.246 e. The van der Waals surface area contributed by atoms with Gasteiger partial charge in [-0.2, -0.15) is 0 Å². The van der Waals surface area contributed by atoms with Gasteiger partial charge in [-0.15, -0.1) is 0 Å². The molecule has 1 unspecified atom stereocenters. The molecule has 0 aromatic carbocycles. The van der Waals surface area contributed by atoms with Crippen molar-refractivity contribution >= 4 is 11.8 Å². The molecule has 4 nitrogen and oxygen atoms in total. The molecule has 0 bridgehead atoms. The van der Waals surface area contributed by atoms with Crippen molar-refractivity contribution in [2.75, 3.05) is 13.2 Å². The number of carbonyl (C=O) groups excluding carboxylic acids is 2. The van der Waals surface area contributed by atoms with Crippen LogP contribution in [0.15, 0.2) is 0 Å². The Balaban J connectivity index is 3.02. The van der Waals surface area contributed by atoms with Crippen molar-refractivity contribution in [1.82, 2.24) is 10.2 Å². The van der Waals surface area contributed by atoms with Crippen LogP contribution >= 0.6 is 0 Å². The topological polar surface area (TPSA) is 49.4 Å². The Bertz CT molecular complexity index is 303. The van der Waals surface area contributed by atoms with Crippen molar-refractivity contribution in [2.24, 2.45) is 0 Å². The highest BCUT2D eigenvalue weighted by Gasteiger charge is 2.48. The highest BCUT2D eigenvalue weighted by Crippen LogP contribution is 2.28. The van der Waals surface area contributed by atoms with E-state index in [0.717, 1.165) is 0 Å². The number of hydrogen-bond acceptors (Lipinski definition) is 2. The van der Waals surface area contributed by atoms with Crippen molar-refractivity contribution < 1.29 is 14.0 Å². The third-order valence-corrected chi connectivity index (χ3v) is 3.61.